The van der Waals surface area contributed by atoms with Crippen LogP contribution in [0, 0.1) is 0 Å². The van der Waals surface area contributed by atoms with E-state index in [1.54, 1.807) is 11.3 Å². The molecule has 1 aromatic rings. The second-order valence-corrected chi connectivity index (χ2v) is 6.37. The summed E-state index contributed by atoms with van der Waals surface area (Å²) in [6, 6.07) is 4.47. The van der Waals surface area contributed by atoms with Gasteiger partial charge in [-0.2, -0.15) is 0 Å². The fourth-order valence-electron chi connectivity index (χ4n) is 2.49. The van der Waals surface area contributed by atoms with Crippen molar-refractivity contribution in [2.45, 2.75) is 57.3 Å². The Bertz CT molecular complexity index is 336. The van der Waals surface area contributed by atoms with E-state index in [0.29, 0.717) is 25.3 Å². The molecular weight excluding hydrogens is 258 g/mol. The lowest BCUT2D eigenvalue weighted by atomic mass is 9.98. The molecule has 1 saturated carbocycles. The van der Waals surface area contributed by atoms with Crippen LogP contribution in [-0.4, -0.2) is 30.5 Å². The van der Waals surface area contributed by atoms with E-state index in [0.717, 1.165) is 12.8 Å². The number of hydrogen-bond donors (Lipinski definition) is 2. The minimum Gasteiger partial charge on any atom is -0.389 e. The maximum absolute atomic E-state index is 9.94. The highest BCUT2D eigenvalue weighted by Crippen LogP contribution is 2.20. The SMILES string of the molecule is CC(NCC(O)COC1CCCCC1)c1cccs1. The zero-order chi connectivity index (χ0) is 13.5. The molecular formula is C15H25NO2S. The summed E-state index contributed by atoms with van der Waals surface area (Å²) in [6.07, 6.45) is 6.16. The normalized spacial score (nSPS) is 20.3. The van der Waals surface area contributed by atoms with Crippen molar-refractivity contribution in [2.24, 2.45) is 0 Å². The van der Waals surface area contributed by atoms with E-state index in [2.05, 4.69) is 29.8 Å². The Hall–Kier alpha value is -0.420. The van der Waals surface area contributed by atoms with Crippen molar-refractivity contribution < 1.29 is 9.84 Å². The molecule has 2 rings (SSSR count). The number of thiophene rings is 1. The third kappa shape index (κ3) is 5.22. The van der Waals surface area contributed by atoms with Gasteiger partial charge in [-0.1, -0.05) is 25.3 Å². The number of aliphatic hydroxyl groups excluding tert-OH is 1. The Morgan fingerprint density at radius 2 is 2.21 bits per heavy atom. The molecule has 2 atom stereocenters. The molecule has 0 saturated heterocycles. The second kappa shape index (κ2) is 8.00. The fraction of sp³-hybridized carbons (Fsp3) is 0.733. The Morgan fingerprint density at radius 1 is 1.42 bits per heavy atom. The van der Waals surface area contributed by atoms with Crippen molar-refractivity contribution in [1.82, 2.24) is 5.32 Å². The molecule has 2 unspecified atom stereocenters. The van der Waals surface area contributed by atoms with Gasteiger partial charge in [0, 0.05) is 17.5 Å². The number of rotatable bonds is 7. The van der Waals surface area contributed by atoms with Gasteiger partial charge in [0.15, 0.2) is 0 Å². The van der Waals surface area contributed by atoms with E-state index in [1.807, 2.05) is 0 Å². The molecule has 4 heteroatoms. The highest BCUT2D eigenvalue weighted by molar-refractivity contribution is 7.10. The molecule has 3 nitrogen and oxygen atoms in total. The molecule has 0 amide bonds. The van der Waals surface area contributed by atoms with E-state index < -0.39 is 6.10 Å². The lowest BCUT2D eigenvalue weighted by Gasteiger charge is -2.24. The summed E-state index contributed by atoms with van der Waals surface area (Å²) in [4.78, 5) is 1.31. The van der Waals surface area contributed by atoms with E-state index >= 15 is 0 Å². The molecule has 0 bridgehead atoms. The molecule has 108 valence electrons. The van der Waals surface area contributed by atoms with Crippen molar-refractivity contribution in [1.29, 1.82) is 0 Å². The van der Waals surface area contributed by atoms with Crippen LogP contribution in [0.1, 0.15) is 49.9 Å². The number of hydrogen-bond acceptors (Lipinski definition) is 4. The van der Waals surface area contributed by atoms with E-state index in [-0.39, 0.29) is 0 Å². The predicted octanol–water partition coefficient (Wildman–Crippen LogP) is 3.11. The molecule has 1 heterocycles. The van der Waals surface area contributed by atoms with Crippen molar-refractivity contribution in [2.75, 3.05) is 13.2 Å². The first-order valence-electron chi connectivity index (χ1n) is 7.32. The van der Waals surface area contributed by atoms with Crippen LogP contribution >= 0.6 is 11.3 Å². The van der Waals surface area contributed by atoms with Crippen LogP contribution in [0.2, 0.25) is 0 Å². The van der Waals surface area contributed by atoms with Crippen LogP contribution in [0.4, 0.5) is 0 Å². The molecule has 0 spiro atoms. The summed E-state index contributed by atoms with van der Waals surface area (Å²) in [5, 5.41) is 15.4. The van der Waals surface area contributed by atoms with E-state index in [1.165, 1.54) is 24.1 Å². The maximum atomic E-state index is 9.94. The van der Waals surface area contributed by atoms with Crippen LogP contribution in [0.25, 0.3) is 0 Å². The van der Waals surface area contributed by atoms with Gasteiger partial charge in [0.2, 0.25) is 0 Å². The minimum atomic E-state index is -0.413. The summed E-state index contributed by atoms with van der Waals surface area (Å²) >= 11 is 1.74. The summed E-state index contributed by atoms with van der Waals surface area (Å²) < 4.78 is 5.78. The number of ether oxygens (including phenoxy) is 1. The monoisotopic (exact) mass is 283 g/mol. The second-order valence-electron chi connectivity index (χ2n) is 5.39. The summed E-state index contributed by atoms with van der Waals surface area (Å²) in [5.41, 5.74) is 0. The predicted molar refractivity (Wildman–Crippen MR) is 79.6 cm³/mol. The first kappa shape index (κ1) is 15.0. The lowest BCUT2D eigenvalue weighted by molar-refractivity contribution is -0.0234. The molecule has 1 aliphatic rings. The van der Waals surface area contributed by atoms with E-state index in [4.69, 9.17) is 4.74 Å². The Morgan fingerprint density at radius 3 is 2.89 bits per heavy atom. The van der Waals surface area contributed by atoms with Crippen molar-refractivity contribution >= 4 is 11.3 Å². The van der Waals surface area contributed by atoms with Gasteiger partial charge in [-0.05, 0) is 31.2 Å². The smallest absolute Gasteiger partial charge is 0.0898 e. The van der Waals surface area contributed by atoms with Crippen molar-refractivity contribution in [3.8, 4) is 0 Å². The van der Waals surface area contributed by atoms with Gasteiger partial charge >= 0.3 is 0 Å². The third-order valence-electron chi connectivity index (χ3n) is 3.71. The summed E-state index contributed by atoms with van der Waals surface area (Å²) in [7, 11) is 0. The molecule has 0 aliphatic heterocycles. The first-order chi connectivity index (χ1) is 9.25. The van der Waals surface area contributed by atoms with Crippen molar-refractivity contribution in [3.05, 3.63) is 22.4 Å². The molecule has 19 heavy (non-hydrogen) atoms. The molecule has 2 N–H and O–H groups in total. The zero-order valence-corrected chi connectivity index (χ0v) is 12.5. The van der Waals surface area contributed by atoms with Crippen LogP contribution in [0.15, 0.2) is 17.5 Å². The Balaban J connectivity index is 1.60. The Kier molecular flexibility index (Phi) is 6.31. The Labute approximate surface area is 120 Å². The van der Waals surface area contributed by atoms with Crippen LogP contribution < -0.4 is 5.32 Å². The zero-order valence-electron chi connectivity index (χ0n) is 11.7. The minimum absolute atomic E-state index is 0.296. The maximum Gasteiger partial charge on any atom is 0.0898 e. The van der Waals surface area contributed by atoms with Gasteiger partial charge in [-0.25, -0.2) is 0 Å². The first-order valence-corrected chi connectivity index (χ1v) is 8.20. The fourth-order valence-corrected chi connectivity index (χ4v) is 3.25. The van der Waals surface area contributed by atoms with Crippen LogP contribution in [-0.2, 0) is 4.74 Å². The van der Waals surface area contributed by atoms with Gasteiger partial charge in [0.1, 0.15) is 0 Å². The highest BCUT2D eigenvalue weighted by Gasteiger charge is 2.16. The average molecular weight is 283 g/mol. The largest absolute Gasteiger partial charge is 0.389 e. The standard InChI is InChI=1S/C15H25NO2S/c1-12(15-8-5-9-19-15)16-10-13(17)11-18-14-6-3-2-4-7-14/h5,8-9,12-14,16-17H,2-4,6-7,10-11H2,1H3. The van der Waals surface area contributed by atoms with E-state index in [9.17, 15) is 5.11 Å². The topological polar surface area (TPSA) is 41.5 Å². The number of nitrogens with one attached hydrogen (secondary N) is 1. The molecule has 1 aliphatic carbocycles. The summed E-state index contributed by atoms with van der Waals surface area (Å²) in [5.74, 6) is 0. The summed E-state index contributed by atoms with van der Waals surface area (Å²) in [6.45, 7) is 3.17. The number of aliphatic hydroxyl groups is 1. The van der Waals surface area contributed by atoms with Crippen molar-refractivity contribution in [3.63, 3.8) is 0 Å². The lowest BCUT2D eigenvalue weighted by Crippen LogP contribution is -2.33. The molecule has 1 fully saturated rings. The van der Waals surface area contributed by atoms with Gasteiger partial charge in [-0.15, -0.1) is 11.3 Å². The van der Waals surface area contributed by atoms with Gasteiger partial charge in [-0.3, -0.25) is 0 Å². The molecule has 0 aromatic carbocycles. The van der Waals surface area contributed by atoms with Gasteiger partial charge < -0.3 is 15.2 Å². The quantitative estimate of drug-likeness (QED) is 0.808. The molecule has 0 radical (unpaired) electrons. The van der Waals surface area contributed by atoms with Crippen LogP contribution in [0.5, 0.6) is 0 Å². The van der Waals surface area contributed by atoms with Crippen LogP contribution in [0.3, 0.4) is 0 Å². The van der Waals surface area contributed by atoms with Gasteiger partial charge in [0.05, 0.1) is 18.8 Å². The highest BCUT2D eigenvalue weighted by atomic mass is 32.1. The molecule has 1 aromatic heterocycles. The third-order valence-corrected chi connectivity index (χ3v) is 4.76. The average Bonchev–Trinajstić information content (AvgIpc) is 2.98. The van der Waals surface area contributed by atoms with Gasteiger partial charge in [0.25, 0.3) is 0 Å².